The zero-order chi connectivity index (χ0) is 19.7. The molecule has 1 N–H and O–H groups in total. The fourth-order valence-corrected chi connectivity index (χ4v) is 3.52. The summed E-state index contributed by atoms with van der Waals surface area (Å²) >= 11 is 6.00. The predicted octanol–water partition coefficient (Wildman–Crippen LogP) is 4.13. The molecular weight excluding hydrogens is 380 g/mol. The van der Waals surface area contributed by atoms with Gasteiger partial charge in [0.15, 0.2) is 11.3 Å². The number of piperidine rings is 1. The highest BCUT2D eigenvalue weighted by Crippen LogP contribution is 2.28. The van der Waals surface area contributed by atoms with Gasteiger partial charge in [0.2, 0.25) is 5.91 Å². The summed E-state index contributed by atoms with van der Waals surface area (Å²) in [6.45, 7) is 5.92. The molecule has 8 heteroatoms. The van der Waals surface area contributed by atoms with E-state index < -0.39 is 0 Å². The molecule has 3 heterocycles. The highest BCUT2D eigenvalue weighted by Gasteiger charge is 2.27. The van der Waals surface area contributed by atoms with Crippen LogP contribution in [0.15, 0.2) is 33.2 Å². The quantitative estimate of drug-likeness (QED) is 0.690. The molecule has 7 nitrogen and oxygen atoms in total. The fraction of sp³-hybridized carbons (Fsp3) is 0.450. The summed E-state index contributed by atoms with van der Waals surface area (Å²) in [6, 6.07) is 7.89. The van der Waals surface area contributed by atoms with Crippen molar-refractivity contribution >= 4 is 34.6 Å². The van der Waals surface area contributed by atoms with Gasteiger partial charge in [0.05, 0.1) is 12.2 Å². The molecule has 1 aliphatic heterocycles. The average molecular weight is 403 g/mol. The second-order valence-corrected chi connectivity index (χ2v) is 7.90. The molecule has 1 amide bonds. The lowest BCUT2D eigenvalue weighted by molar-refractivity contribution is -0.125. The maximum Gasteiger partial charge on any atom is 0.298 e. The number of nitrogens with zero attached hydrogens (tertiary/aromatic N) is 3. The van der Waals surface area contributed by atoms with Gasteiger partial charge in [-0.3, -0.25) is 4.79 Å². The molecule has 28 heavy (non-hydrogen) atoms. The largest absolute Gasteiger partial charge is 0.423 e. The van der Waals surface area contributed by atoms with E-state index in [4.69, 9.17) is 20.5 Å². The fourth-order valence-electron chi connectivity index (χ4n) is 3.36. The van der Waals surface area contributed by atoms with Crippen molar-refractivity contribution in [3.8, 4) is 0 Å². The van der Waals surface area contributed by atoms with Crippen molar-refractivity contribution in [3.63, 3.8) is 0 Å². The van der Waals surface area contributed by atoms with E-state index in [0.29, 0.717) is 34.8 Å². The Morgan fingerprint density at radius 2 is 2.11 bits per heavy atom. The number of hydrogen-bond acceptors (Lipinski definition) is 6. The minimum Gasteiger partial charge on any atom is -0.423 e. The summed E-state index contributed by atoms with van der Waals surface area (Å²) < 4.78 is 11.1. The van der Waals surface area contributed by atoms with Gasteiger partial charge in [-0.15, -0.1) is 0 Å². The molecule has 148 valence electrons. The SMILES string of the molecule is CC(C)c1cc(CNC(=O)C2CCN(c3nc4ccc(Cl)cc4o3)CC2)on1. The van der Waals surface area contributed by atoms with E-state index in [9.17, 15) is 4.79 Å². The van der Waals surface area contributed by atoms with Crippen molar-refractivity contribution in [2.75, 3.05) is 18.0 Å². The van der Waals surface area contributed by atoms with Crippen LogP contribution in [0.4, 0.5) is 6.01 Å². The molecule has 0 saturated carbocycles. The van der Waals surface area contributed by atoms with Gasteiger partial charge in [-0.1, -0.05) is 30.6 Å². The van der Waals surface area contributed by atoms with Gasteiger partial charge >= 0.3 is 0 Å². The Morgan fingerprint density at radius 3 is 2.82 bits per heavy atom. The first-order chi connectivity index (χ1) is 13.5. The van der Waals surface area contributed by atoms with Crippen molar-refractivity contribution in [2.45, 2.75) is 39.2 Å². The van der Waals surface area contributed by atoms with E-state index in [-0.39, 0.29) is 11.8 Å². The van der Waals surface area contributed by atoms with E-state index in [1.807, 2.05) is 12.1 Å². The molecule has 4 rings (SSSR count). The standard InChI is InChI=1S/C20H23ClN4O3/c1-12(2)17-10-15(28-24-17)11-22-19(26)13-5-7-25(8-6-13)20-23-16-4-3-14(21)9-18(16)27-20/h3-4,9-10,12-13H,5-8,11H2,1-2H3,(H,22,26). The summed E-state index contributed by atoms with van der Waals surface area (Å²) in [6.07, 6.45) is 1.50. The van der Waals surface area contributed by atoms with Gasteiger partial charge < -0.3 is 19.2 Å². The number of hydrogen-bond donors (Lipinski definition) is 1. The third-order valence-electron chi connectivity index (χ3n) is 5.08. The van der Waals surface area contributed by atoms with Gasteiger partial charge in [-0.25, -0.2) is 0 Å². The number of rotatable bonds is 5. The van der Waals surface area contributed by atoms with Crippen molar-refractivity contribution < 1.29 is 13.7 Å². The number of amides is 1. The topological polar surface area (TPSA) is 84.4 Å². The summed E-state index contributed by atoms with van der Waals surface area (Å²) in [5.41, 5.74) is 2.36. The second-order valence-electron chi connectivity index (χ2n) is 7.46. The maximum atomic E-state index is 12.5. The van der Waals surface area contributed by atoms with Crippen LogP contribution in [-0.2, 0) is 11.3 Å². The molecule has 3 aromatic rings. The first-order valence-corrected chi connectivity index (χ1v) is 9.91. The molecule has 0 spiro atoms. The van der Waals surface area contributed by atoms with Crippen LogP contribution < -0.4 is 10.2 Å². The summed E-state index contributed by atoms with van der Waals surface area (Å²) in [4.78, 5) is 19.1. The van der Waals surface area contributed by atoms with Crippen molar-refractivity contribution in [3.05, 3.63) is 40.7 Å². The van der Waals surface area contributed by atoms with Crippen LogP contribution in [0.25, 0.3) is 11.1 Å². The lowest BCUT2D eigenvalue weighted by atomic mass is 9.96. The second kappa shape index (κ2) is 7.83. The van der Waals surface area contributed by atoms with E-state index >= 15 is 0 Å². The third kappa shape index (κ3) is 3.99. The Balaban J connectivity index is 1.30. The molecule has 0 atom stereocenters. The highest BCUT2D eigenvalue weighted by molar-refractivity contribution is 6.31. The molecule has 0 aliphatic carbocycles. The van der Waals surface area contributed by atoms with Gasteiger partial charge in [0.1, 0.15) is 5.52 Å². The molecule has 2 aromatic heterocycles. The third-order valence-corrected chi connectivity index (χ3v) is 5.32. The van der Waals surface area contributed by atoms with Crippen LogP contribution in [0.1, 0.15) is 44.1 Å². The monoisotopic (exact) mass is 402 g/mol. The number of oxazole rings is 1. The van der Waals surface area contributed by atoms with Crippen molar-refractivity contribution in [1.29, 1.82) is 0 Å². The number of benzene rings is 1. The van der Waals surface area contributed by atoms with Crippen molar-refractivity contribution in [2.24, 2.45) is 5.92 Å². The minimum atomic E-state index is -0.0254. The van der Waals surface area contributed by atoms with Gasteiger partial charge in [-0.2, -0.15) is 4.98 Å². The molecular formula is C20H23ClN4O3. The first kappa shape index (κ1) is 18.8. The molecule has 1 saturated heterocycles. The lowest BCUT2D eigenvalue weighted by Crippen LogP contribution is -2.40. The van der Waals surface area contributed by atoms with Crippen LogP contribution in [-0.4, -0.2) is 29.1 Å². The van der Waals surface area contributed by atoms with Crippen LogP contribution in [0.5, 0.6) is 0 Å². The van der Waals surface area contributed by atoms with Gasteiger partial charge in [0.25, 0.3) is 6.01 Å². The Labute approximate surface area is 168 Å². The average Bonchev–Trinajstić information content (AvgIpc) is 3.33. The zero-order valence-corrected chi connectivity index (χ0v) is 16.7. The van der Waals surface area contributed by atoms with E-state index in [2.05, 4.69) is 34.2 Å². The Morgan fingerprint density at radius 1 is 1.32 bits per heavy atom. The Bertz CT molecular complexity index is 973. The number of nitrogens with one attached hydrogen (secondary N) is 1. The molecule has 1 aromatic carbocycles. The summed E-state index contributed by atoms with van der Waals surface area (Å²) in [5.74, 6) is 1.01. The molecule has 1 aliphatic rings. The lowest BCUT2D eigenvalue weighted by Gasteiger charge is -2.30. The van der Waals surface area contributed by atoms with E-state index in [1.165, 1.54) is 0 Å². The Hall–Kier alpha value is -2.54. The normalized spacial score (nSPS) is 15.5. The molecule has 0 bridgehead atoms. The number of fused-ring (bicyclic) bond motifs is 1. The smallest absolute Gasteiger partial charge is 0.298 e. The summed E-state index contributed by atoms with van der Waals surface area (Å²) in [5, 5.41) is 7.60. The zero-order valence-electron chi connectivity index (χ0n) is 15.9. The number of aromatic nitrogens is 2. The first-order valence-electron chi connectivity index (χ1n) is 9.54. The molecule has 0 radical (unpaired) electrons. The number of halogens is 1. The van der Waals surface area contributed by atoms with Crippen LogP contribution in [0.2, 0.25) is 5.02 Å². The highest BCUT2D eigenvalue weighted by atomic mass is 35.5. The Kier molecular flexibility index (Phi) is 5.26. The maximum absolute atomic E-state index is 12.5. The number of carbonyl (C=O) groups is 1. The van der Waals surface area contributed by atoms with E-state index in [1.54, 1.807) is 12.1 Å². The molecule has 1 fully saturated rings. The molecule has 0 unspecified atom stereocenters. The minimum absolute atomic E-state index is 0.0254. The summed E-state index contributed by atoms with van der Waals surface area (Å²) in [7, 11) is 0. The van der Waals surface area contributed by atoms with E-state index in [0.717, 1.165) is 37.1 Å². The van der Waals surface area contributed by atoms with Crippen LogP contribution in [0, 0.1) is 5.92 Å². The number of carbonyl (C=O) groups excluding carboxylic acids is 1. The predicted molar refractivity (Wildman–Crippen MR) is 106 cm³/mol. The van der Waals surface area contributed by atoms with Gasteiger partial charge in [-0.05, 0) is 30.9 Å². The number of anilines is 1. The van der Waals surface area contributed by atoms with Gasteiger partial charge in [0, 0.05) is 36.2 Å². The van der Waals surface area contributed by atoms with Crippen molar-refractivity contribution in [1.82, 2.24) is 15.5 Å². The van der Waals surface area contributed by atoms with Crippen LogP contribution in [0.3, 0.4) is 0 Å². The van der Waals surface area contributed by atoms with Crippen LogP contribution >= 0.6 is 11.6 Å².